The number of hydrogen-bond acceptors (Lipinski definition) is 2. The number of nitrogens with zero attached hydrogens (tertiary/aromatic N) is 3. The van der Waals surface area contributed by atoms with Crippen LogP contribution in [0, 0.1) is 13.8 Å². The van der Waals surface area contributed by atoms with Gasteiger partial charge in [-0.3, -0.25) is 9.67 Å². The maximum absolute atomic E-state index is 6.04. The van der Waals surface area contributed by atoms with Crippen LogP contribution in [-0.2, 0) is 18.9 Å². The van der Waals surface area contributed by atoms with Crippen molar-refractivity contribution >= 4 is 17.6 Å². The zero-order valence-corrected chi connectivity index (χ0v) is 18.4. The topological polar surface area (TPSA) is 54.2 Å². The summed E-state index contributed by atoms with van der Waals surface area (Å²) in [6.07, 6.45) is 3.29. The quantitative estimate of drug-likeness (QED) is 0.546. The standard InChI is InChI=1S/C22H32ClN5/c1-6-24-21(26-15(2)13-20-16(3)27-28(5)17(20)4)25-14-22(11-12-22)18-7-9-19(23)10-8-18/h7-10,15H,6,11-14H2,1-5H3,(H2,24,25,26). The number of hydrogen-bond donors (Lipinski definition) is 2. The smallest absolute Gasteiger partial charge is 0.191 e. The molecular weight excluding hydrogens is 370 g/mol. The molecule has 3 rings (SSSR count). The van der Waals surface area contributed by atoms with Gasteiger partial charge in [-0.05, 0) is 70.2 Å². The van der Waals surface area contributed by atoms with Gasteiger partial charge in [-0.25, -0.2) is 0 Å². The van der Waals surface area contributed by atoms with Gasteiger partial charge in [-0.2, -0.15) is 5.10 Å². The molecule has 5 nitrogen and oxygen atoms in total. The van der Waals surface area contributed by atoms with Gasteiger partial charge in [0.2, 0.25) is 0 Å². The molecule has 1 saturated carbocycles. The Kier molecular flexibility index (Phi) is 6.33. The molecular formula is C22H32ClN5. The number of guanidine groups is 1. The number of rotatable bonds is 7. The summed E-state index contributed by atoms with van der Waals surface area (Å²) >= 11 is 6.04. The van der Waals surface area contributed by atoms with Crippen molar-refractivity contribution in [2.24, 2.45) is 12.0 Å². The predicted molar refractivity (Wildman–Crippen MR) is 117 cm³/mol. The molecule has 2 aromatic rings. The third-order valence-electron chi connectivity index (χ3n) is 5.75. The maximum atomic E-state index is 6.04. The Bertz CT molecular complexity index is 833. The molecule has 1 aromatic carbocycles. The van der Waals surface area contributed by atoms with Crippen LogP contribution < -0.4 is 10.6 Å². The van der Waals surface area contributed by atoms with Crippen LogP contribution in [0.4, 0.5) is 0 Å². The first-order chi connectivity index (χ1) is 13.3. The SMILES string of the molecule is CCNC(=NCC1(c2ccc(Cl)cc2)CC1)NC(C)Cc1c(C)nn(C)c1C. The molecule has 0 aliphatic heterocycles. The normalized spacial score (nSPS) is 16.7. The van der Waals surface area contributed by atoms with Gasteiger partial charge >= 0.3 is 0 Å². The average Bonchev–Trinajstić information content (AvgIpc) is 3.41. The Labute approximate surface area is 173 Å². The monoisotopic (exact) mass is 401 g/mol. The largest absolute Gasteiger partial charge is 0.357 e. The fraction of sp³-hybridized carbons (Fsp3) is 0.545. The molecule has 1 unspecified atom stereocenters. The Morgan fingerprint density at radius 2 is 1.96 bits per heavy atom. The minimum absolute atomic E-state index is 0.173. The van der Waals surface area contributed by atoms with Gasteiger partial charge in [0, 0.05) is 35.8 Å². The molecule has 28 heavy (non-hydrogen) atoms. The Morgan fingerprint density at radius 1 is 1.29 bits per heavy atom. The molecule has 0 spiro atoms. The van der Waals surface area contributed by atoms with Crippen molar-refractivity contribution in [1.29, 1.82) is 0 Å². The molecule has 0 radical (unpaired) electrons. The van der Waals surface area contributed by atoms with Crippen LogP contribution in [0.5, 0.6) is 0 Å². The third kappa shape index (κ3) is 4.69. The highest BCUT2D eigenvalue weighted by molar-refractivity contribution is 6.30. The van der Waals surface area contributed by atoms with Crippen molar-refractivity contribution in [2.45, 2.75) is 58.4 Å². The lowest BCUT2D eigenvalue weighted by molar-refractivity contribution is 0.627. The van der Waals surface area contributed by atoms with Gasteiger partial charge in [0.05, 0.1) is 12.2 Å². The highest BCUT2D eigenvalue weighted by atomic mass is 35.5. The highest BCUT2D eigenvalue weighted by Crippen LogP contribution is 2.48. The van der Waals surface area contributed by atoms with Gasteiger partial charge in [0.1, 0.15) is 0 Å². The number of aliphatic imine (C=N–C) groups is 1. The van der Waals surface area contributed by atoms with E-state index in [1.807, 2.05) is 23.9 Å². The summed E-state index contributed by atoms with van der Waals surface area (Å²) < 4.78 is 1.96. The van der Waals surface area contributed by atoms with E-state index in [1.165, 1.54) is 29.7 Å². The van der Waals surface area contributed by atoms with Crippen molar-refractivity contribution in [3.8, 4) is 0 Å². The second-order valence-electron chi connectivity index (χ2n) is 8.00. The number of halogens is 1. The van der Waals surface area contributed by atoms with Gasteiger partial charge in [0.25, 0.3) is 0 Å². The van der Waals surface area contributed by atoms with E-state index in [2.05, 4.69) is 55.6 Å². The molecule has 1 heterocycles. The molecule has 0 amide bonds. The fourth-order valence-corrected chi connectivity index (χ4v) is 3.87. The molecule has 1 aliphatic carbocycles. The van der Waals surface area contributed by atoms with E-state index in [9.17, 15) is 0 Å². The average molecular weight is 402 g/mol. The predicted octanol–water partition coefficient (Wildman–Crippen LogP) is 3.91. The Balaban J connectivity index is 1.66. The van der Waals surface area contributed by atoms with Gasteiger partial charge in [0.15, 0.2) is 5.96 Å². The summed E-state index contributed by atoms with van der Waals surface area (Å²) in [5.74, 6) is 0.884. The van der Waals surface area contributed by atoms with Gasteiger partial charge in [-0.15, -0.1) is 0 Å². The van der Waals surface area contributed by atoms with E-state index in [1.54, 1.807) is 0 Å². The Hall–Kier alpha value is -2.01. The summed E-state index contributed by atoms with van der Waals surface area (Å²) in [5, 5.41) is 12.3. The van der Waals surface area contributed by atoms with Crippen molar-refractivity contribution in [3.05, 3.63) is 51.8 Å². The van der Waals surface area contributed by atoms with Crippen molar-refractivity contribution in [2.75, 3.05) is 13.1 Å². The lowest BCUT2D eigenvalue weighted by Crippen LogP contribution is -2.43. The minimum atomic E-state index is 0.173. The molecule has 2 N–H and O–H groups in total. The molecule has 1 fully saturated rings. The van der Waals surface area contributed by atoms with Crippen molar-refractivity contribution < 1.29 is 0 Å². The third-order valence-corrected chi connectivity index (χ3v) is 6.00. The summed E-state index contributed by atoms with van der Waals surface area (Å²) in [7, 11) is 2.00. The number of nitrogens with one attached hydrogen (secondary N) is 2. The van der Waals surface area contributed by atoms with Crippen LogP contribution in [0.25, 0.3) is 0 Å². The first kappa shape index (κ1) is 20.7. The first-order valence-electron chi connectivity index (χ1n) is 10.1. The first-order valence-corrected chi connectivity index (χ1v) is 10.5. The molecule has 152 valence electrons. The molecule has 0 bridgehead atoms. The number of benzene rings is 1. The van der Waals surface area contributed by atoms with E-state index in [4.69, 9.17) is 16.6 Å². The Morgan fingerprint density at radius 3 is 2.50 bits per heavy atom. The number of aryl methyl sites for hydroxylation is 2. The number of aromatic nitrogens is 2. The summed E-state index contributed by atoms with van der Waals surface area (Å²) in [4.78, 5) is 4.92. The molecule has 0 saturated heterocycles. The zero-order chi connectivity index (χ0) is 20.3. The van der Waals surface area contributed by atoms with Crippen LogP contribution in [0.2, 0.25) is 5.02 Å². The van der Waals surface area contributed by atoms with Crippen LogP contribution >= 0.6 is 11.6 Å². The lowest BCUT2D eigenvalue weighted by atomic mass is 9.96. The molecule has 6 heteroatoms. The van der Waals surface area contributed by atoms with E-state index in [0.29, 0.717) is 0 Å². The van der Waals surface area contributed by atoms with Crippen molar-refractivity contribution in [1.82, 2.24) is 20.4 Å². The zero-order valence-electron chi connectivity index (χ0n) is 17.6. The molecule has 1 aliphatic rings. The minimum Gasteiger partial charge on any atom is -0.357 e. The van der Waals surface area contributed by atoms with Gasteiger partial charge < -0.3 is 10.6 Å². The molecule has 1 atom stereocenters. The van der Waals surface area contributed by atoms with Crippen LogP contribution in [0.15, 0.2) is 29.3 Å². The van der Waals surface area contributed by atoms with Crippen LogP contribution in [0.3, 0.4) is 0 Å². The molecule has 1 aromatic heterocycles. The van der Waals surface area contributed by atoms with E-state index in [0.717, 1.165) is 36.2 Å². The summed E-state index contributed by atoms with van der Waals surface area (Å²) in [6.45, 7) is 10.1. The van der Waals surface area contributed by atoms with Crippen LogP contribution in [0.1, 0.15) is 49.2 Å². The van der Waals surface area contributed by atoms with Crippen LogP contribution in [-0.4, -0.2) is 34.9 Å². The second kappa shape index (κ2) is 8.56. The fourth-order valence-electron chi connectivity index (χ4n) is 3.75. The summed E-state index contributed by atoms with van der Waals surface area (Å²) in [5.41, 5.74) is 5.17. The van der Waals surface area contributed by atoms with Gasteiger partial charge in [-0.1, -0.05) is 23.7 Å². The van der Waals surface area contributed by atoms with E-state index < -0.39 is 0 Å². The maximum Gasteiger partial charge on any atom is 0.191 e. The van der Waals surface area contributed by atoms with Crippen molar-refractivity contribution in [3.63, 3.8) is 0 Å². The van der Waals surface area contributed by atoms with E-state index in [-0.39, 0.29) is 11.5 Å². The highest BCUT2D eigenvalue weighted by Gasteiger charge is 2.44. The second-order valence-corrected chi connectivity index (χ2v) is 8.44. The van der Waals surface area contributed by atoms with E-state index >= 15 is 0 Å². The lowest BCUT2D eigenvalue weighted by Gasteiger charge is -2.20. The summed E-state index contributed by atoms with van der Waals surface area (Å²) in [6, 6.07) is 8.50.